The number of nitrogens with zero attached hydrogens (tertiary/aromatic N) is 4. The van der Waals surface area contributed by atoms with Crippen LogP contribution in [0.25, 0.3) is 0 Å². The summed E-state index contributed by atoms with van der Waals surface area (Å²) in [6.07, 6.45) is 1.49. The van der Waals surface area contributed by atoms with Crippen LogP contribution in [0.2, 0.25) is 0 Å². The zero-order chi connectivity index (χ0) is 8.27. The van der Waals surface area contributed by atoms with Crippen molar-refractivity contribution in [3.63, 3.8) is 0 Å². The second kappa shape index (κ2) is 3.39. The molecule has 0 bridgehead atoms. The highest BCUT2D eigenvalue weighted by atomic mass is 32.2. The van der Waals surface area contributed by atoms with Gasteiger partial charge in [-0.3, -0.25) is 4.68 Å². The van der Waals surface area contributed by atoms with Gasteiger partial charge in [-0.1, -0.05) is 0 Å². The van der Waals surface area contributed by atoms with Gasteiger partial charge in [0.15, 0.2) is 0 Å². The number of nitriles is 1. The maximum atomic E-state index is 8.38. The Morgan fingerprint density at radius 2 is 2.55 bits per heavy atom. The van der Waals surface area contributed by atoms with Crippen molar-refractivity contribution in [2.24, 2.45) is 7.05 Å². The van der Waals surface area contributed by atoms with Crippen LogP contribution in [0.15, 0.2) is 6.33 Å². The van der Waals surface area contributed by atoms with Crippen molar-refractivity contribution in [3.05, 3.63) is 12.2 Å². The number of thioether (sulfide) groups is 1. The molecule has 4 nitrogen and oxygen atoms in total. The first-order valence-electron chi connectivity index (χ1n) is 3.14. The average molecular weight is 168 g/mol. The van der Waals surface area contributed by atoms with Gasteiger partial charge in [-0.2, -0.15) is 10.4 Å². The lowest BCUT2D eigenvalue weighted by atomic mass is 10.4. The van der Waals surface area contributed by atoms with E-state index in [2.05, 4.69) is 10.1 Å². The third kappa shape index (κ3) is 1.71. The SMILES string of the molecule is C[C@@H](SC#N)c1ncnn1C. The Labute approximate surface area is 69.2 Å². The van der Waals surface area contributed by atoms with Crippen LogP contribution in [0.5, 0.6) is 0 Å². The molecule has 0 aliphatic rings. The minimum absolute atomic E-state index is 0.0903. The van der Waals surface area contributed by atoms with E-state index in [-0.39, 0.29) is 5.25 Å². The zero-order valence-electron chi connectivity index (χ0n) is 6.35. The second-order valence-electron chi connectivity index (χ2n) is 2.09. The van der Waals surface area contributed by atoms with Crippen LogP contribution in [0.4, 0.5) is 0 Å². The van der Waals surface area contributed by atoms with Crippen molar-refractivity contribution in [1.29, 1.82) is 5.26 Å². The van der Waals surface area contributed by atoms with E-state index in [1.54, 1.807) is 4.68 Å². The highest BCUT2D eigenvalue weighted by Gasteiger charge is 2.10. The lowest BCUT2D eigenvalue weighted by molar-refractivity contribution is 0.704. The van der Waals surface area contributed by atoms with Crippen LogP contribution >= 0.6 is 11.8 Å². The number of rotatable bonds is 2. The van der Waals surface area contributed by atoms with Gasteiger partial charge >= 0.3 is 0 Å². The summed E-state index contributed by atoms with van der Waals surface area (Å²) < 4.78 is 1.68. The predicted molar refractivity (Wildman–Crippen MR) is 42.6 cm³/mol. The Balaban J connectivity index is 2.77. The van der Waals surface area contributed by atoms with Gasteiger partial charge in [0.2, 0.25) is 0 Å². The van der Waals surface area contributed by atoms with E-state index in [4.69, 9.17) is 5.26 Å². The molecule has 58 valence electrons. The maximum Gasteiger partial charge on any atom is 0.140 e. The molecular formula is C6H8N4S. The van der Waals surface area contributed by atoms with Gasteiger partial charge in [0, 0.05) is 7.05 Å². The van der Waals surface area contributed by atoms with Gasteiger partial charge in [-0.15, -0.1) is 0 Å². The molecule has 1 aromatic rings. The van der Waals surface area contributed by atoms with E-state index in [0.29, 0.717) is 0 Å². The molecule has 0 spiro atoms. The molecule has 0 unspecified atom stereocenters. The molecule has 0 amide bonds. The fraction of sp³-hybridized carbons (Fsp3) is 0.500. The molecule has 1 heterocycles. The standard InChI is InChI=1S/C6H8N4S/c1-5(11-3-7)6-8-4-9-10(6)2/h4-5H,1-2H3/t5-/m1/s1. The molecule has 0 aliphatic carbocycles. The molecule has 0 saturated carbocycles. The van der Waals surface area contributed by atoms with Crippen LogP contribution in [0.1, 0.15) is 18.0 Å². The second-order valence-corrected chi connectivity index (χ2v) is 3.22. The molecule has 0 aromatic carbocycles. The van der Waals surface area contributed by atoms with E-state index in [1.807, 2.05) is 19.4 Å². The summed E-state index contributed by atoms with van der Waals surface area (Å²) in [5, 5.41) is 14.4. The first-order valence-corrected chi connectivity index (χ1v) is 4.02. The molecule has 1 rings (SSSR count). The molecule has 0 radical (unpaired) electrons. The van der Waals surface area contributed by atoms with Crippen molar-refractivity contribution in [2.75, 3.05) is 0 Å². The smallest absolute Gasteiger partial charge is 0.140 e. The summed E-state index contributed by atoms with van der Waals surface area (Å²) in [7, 11) is 1.82. The molecular weight excluding hydrogens is 160 g/mol. The Morgan fingerprint density at radius 3 is 3.00 bits per heavy atom. The van der Waals surface area contributed by atoms with Crippen molar-refractivity contribution in [3.8, 4) is 5.40 Å². The normalized spacial score (nSPS) is 12.5. The highest BCUT2D eigenvalue weighted by Crippen LogP contribution is 2.23. The number of hydrogen-bond acceptors (Lipinski definition) is 4. The van der Waals surface area contributed by atoms with Gasteiger partial charge in [0.05, 0.1) is 5.25 Å². The molecule has 1 aromatic heterocycles. The minimum Gasteiger partial charge on any atom is -0.252 e. The van der Waals surface area contributed by atoms with E-state index in [0.717, 1.165) is 5.82 Å². The first kappa shape index (κ1) is 8.08. The molecule has 0 aliphatic heterocycles. The van der Waals surface area contributed by atoms with Crippen molar-refractivity contribution >= 4 is 11.8 Å². The van der Waals surface area contributed by atoms with Crippen LogP contribution in [-0.2, 0) is 7.05 Å². The Hall–Kier alpha value is -1.02. The summed E-state index contributed by atoms with van der Waals surface area (Å²) in [5.41, 5.74) is 0. The molecule has 0 N–H and O–H groups in total. The van der Waals surface area contributed by atoms with Gasteiger partial charge in [0.1, 0.15) is 17.6 Å². The zero-order valence-corrected chi connectivity index (χ0v) is 7.17. The number of hydrogen-bond donors (Lipinski definition) is 0. The molecule has 11 heavy (non-hydrogen) atoms. The van der Waals surface area contributed by atoms with Gasteiger partial charge in [0.25, 0.3) is 0 Å². The summed E-state index contributed by atoms with van der Waals surface area (Å²) in [5.74, 6) is 0.830. The minimum atomic E-state index is 0.0903. The number of thiocyanates is 1. The van der Waals surface area contributed by atoms with Crippen LogP contribution in [-0.4, -0.2) is 14.8 Å². The maximum absolute atomic E-state index is 8.38. The lowest BCUT2D eigenvalue weighted by Crippen LogP contribution is -2.00. The van der Waals surface area contributed by atoms with E-state index >= 15 is 0 Å². The van der Waals surface area contributed by atoms with Gasteiger partial charge < -0.3 is 0 Å². The lowest BCUT2D eigenvalue weighted by Gasteiger charge is -2.03. The van der Waals surface area contributed by atoms with Crippen LogP contribution < -0.4 is 0 Å². The summed E-state index contributed by atoms with van der Waals surface area (Å²) in [4.78, 5) is 4.01. The molecule has 0 saturated heterocycles. The van der Waals surface area contributed by atoms with Crippen molar-refractivity contribution in [2.45, 2.75) is 12.2 Å². The Kier molecular flexibility index (Phi) is 2.49. The van der Waals surface area contributed by atoms with Gasteiger partial charge in [-0.25, -0.2) is 4.98 Å². The van der Waals surface area contributed by atoms with Crippen molar-refractivity contribution < 1.29 is 0 Å². The van der Waals surface area contributed by atoms with Crippen molar-refractivity contribution in [1.82, 2.24) is 14.8 Å². The quantitative estimate of drug-likeness (QED) is 0.620. The highest BCUT2D eigenvalue weighted by molar-refractivity contribution is 8.03. The predicted octanol–water partition coefficient (Wildman–Crippen LogP) is 1.09. The fourth-order valence-electron chi connectivity index (χ4n) is 0.805. The molecule has 1 atom stereocenters. The Morgan fingerprint density at radius 1 is 1.82 bits per heavy atom. The van der Waals surface area contributed by atoms with E-state index in [1.165, 1.54) is 18.1 Å². The summed E-state index contributed by atoms with van der Waals surface area (Å²) >= 11 is 1.19. The van der Waals surface area contributed by atoms with Gasteiger partial charge in [-0.05, 0) is 18.7 Å². The summed E-state index contributed by atoms with van der Waals surface area (Å²) in [6, 6.07) is 0. The average Bonchev–Trinajstić information content (AvgIpc) is 2.36. The van der Waals surface area contributed by atoms with E-state index < -0.39 is 0 Å². The largest absolute Gasteiger partial charge is 0.252 e. The number of aryl methyl sites for hydroxylation is 1. The van der Waals surface area contributed by atoms with E-state index in [9.17, 15) is 0 Å². The third-order valence-electron chi connectivity index (χ3n) is 1.34. The molecule has 5 heteroatoms. The fourth-order valence-corrected chi connectivity index (χ4v) is 1.28. The van der Waals surface area contributed by atoms with Crippen LogP contribution in [0.3, 0.4) is 0 Å². The molecule has 0 fully saturated rings. The number of aromatic nitrogens is 3. The monoisotopic (exact) mass is 168 g/mol. The van der Waals surface area contributed by atoms with Crippen LogP contribution in [0, 0.1) is 10.7 Å². The third-order valence-corrected chi connectivity index (χ3v) is 2.01. The summed E-state index contributed by atoms with van der Waals surface area (Å²) in [6.45, 7) is 1.93. The topological polar surface area (TPSA) is 54.5 Å². The first-order chi connectivity index (χ1) is 5.25. The Bertz CT molecular complexity index is 274.